The van der Waals surface area contributed by atoms with E-state index in [1.54, 1.807) is 0 Å². The van der Waals surface area contributed by atoms with Crippen LogP contribution in [0.3, 0.4) is 0 Å². The number of hydrogen-bond acceptors (Lipinski definition) is 9. The molecule has 0 saturated carbocycles. The average molecular weight is 431 g/mol. The Kier molecular flexibility index (Phi) is 6.01. The van der Waals surface area contributed by atoms with Crippen molar-refractivity contribution in [2.24, 2.45) is 0 Å². The molecule has 2 bridgehead atoms. The standard InChI is InChI=1S/C19H34N2O7Si/c1-16(2,3)29(8,9)28-18(14(23)26-6)11-10-17(4)20-12(13(22)25-5)19(18,21-17)15(24)27-7/h12,20-21H,10-11H2,1-9H3/t12-,17-,18+,19-/m1/s1. The molecule has 2 rings (SSSR count). The fourth-order valence-electron chi connectivity index (χ4n) is 4.10. The lowest BCUT2D eigenvalue weighted by Gasteiger charge is -2.54. The van der Waals surface area contributed by atoms with Gasteiger partial charge in [0.25, 0.3) is 0 Å². The van der Waals surface area contributed by atoms with E-state index in [0.29, 0.717) is 6.42 Å². The topological polar surface area (TPSA) is 112 Å². The van der Waals surface area contributed by atoms with Crippen LogP contribution in [0.15, 0.2) is 0 Å². The van der Waals surface area contributed by atoms with Gasteiger partial charge in [-0.2, -0.15) is 0 Å². The third-order valence-electron chi connectivity index (χ3n) is 6.68. The second-order valence-electron chi connectivity index (χ2n) is 9.54. The summed E-state index contributed by atoms with van der Waals surface area (Å²) in [6.45, 7) is 11.9. The van der Waals surface area contributed by atoms with Crippen LogP contribution >= 0.6 is 0 Å². The SMILES string of the molecule is COC(=O)[C@H]1N[C@@]2(C)CC[C@](O[Si](C)(C)C(C)(C)C)(C(=O)OC)[C@@]1(C(=O)OC)N2. The Labute approximate surface area is 173 Å². The van der Waals surface area contributed by atoms with Gasteiger partial charge in [-0.05, 0) is 37.9 Å². The third-order valence-corrected chi connectivity index (χ3v) is 11.1. The molecule has 0 aromatic carbocycles. The number of methoxy groups -OCH3 is 3. The molecule has 9 nitrogen and oxygen atoms in total. The highest BCUT2D eigenvalue weighted by Crippen LogP contribution is 2.51. The zero-order valence-corrected chi connectivity index (χ0v) is 19.8. The third kappa shape index (κ3) is 3.39. The lowest BCUT2D eigenvalue weighted by Crippen LogP contribution is -2.80. The molecule has 2 aliphatic rings. The Bertz CT molecular complexity index is 707. The van der Waals surface area contributed by atoms with Crippen molar-refractivity contribution in [3.05, 3.63) is 0 Å². The number of piperidine rings is 1. The van der Waals surface area contributed by atoms with Crippen LogP contribution in [0.1, 0.15) is 40.5 Å². The van der Waals surface area contributed by atoms with Crippen molar-refractivity contribution in [2.45, 2.75) is 81.5 Å². The van der Waals surface area contributed by atoms with Crippen LogP contribution in [0.25, 0.3) is 0 Å². The summed E-state index contributed by atoms with van der Waals surface area (Å²) in [5, 5.41) is 6.06. The lowest BCUT2D eigenvalue weighted by atomic mass is 9.70. The molecular weight excluding hydrogens is 396 g/mol. The Morgan fingerprint density at radius 2 is 1.52 bits per heavy atom. The highest BCUT2D eigenvalue weighted by Gasteiger charge is 2.78. The molecule has 2 aliphatic heterocycles. The van der Waals surface area contributed by atoms with Crippen molar-refractivity contribution in [1.29, 1.82) is 0 Å². The monoisotopic (exact) mass is 430 g/mol. The Hall–Kier alpha value is -1.49. The predicted octanol–water partition coefficient (Wildman–Crippen LogP) is 1.08. The molecule has 166 valence electrons. The second-order valence-corrected chi connectivity index (χ2v) is 14.3. The van der Waals surface area contributed by atoms with Crippen molar-refractivity contribution >= 4 is 26.2 Å². The number of ether oxygens (including phenoxy) is 3. The van der Waals surface area contributed by atoms with Crippen molar-refractivity contribution in [1.82, 2.24) is 10.6 Å². The van der Waals surface area contributed by atoms with Gasteiger partial charge in [-0.3, -0.25) is 15.4 Å². The average Bonchev–Trinajstić information content (AvgIpc) is 2.92. The first-order valence-corrected chi connectivity index (χ1v) is 12.6. The summed E-state index contributed by atoms with van der Waals surface area (Å²) in [6.07, 6.45) is 0.592. The first-order chi connectivity index (χ1) is 13.2. The van der Waals surface area contributed by atoms with Gasteiger partial charge in [-0.25, -0.2) is 9.59 Å². The van der Waals surface area contributed by atoms with Crippen LogP contribution in [0, 0.1) is 0 Å². The molecule has 4 atom stereocenters. The van der Waals surface area contributed by atoms with Gasteiger partial charge in [0.2, 0.25) is 0 Å². The van der Waals surface area contributed by atoms with E-state index in [4.69, 9.17) is 18.6 Å². The molecule has 0 aromatic heterocycles. The van der Waals surface area contributed by atoms with Crippen molar-refractivity contribution in [3.8, 4) is 0 Å². The maximum atomic E-state index is 13.3. The first kappa shape index (κ1) is 23.8. The number of esters is 3. The molecule has 0 amide bonds. The van der Waals surface area contributed by atoms with Gasteiger partial charge in [-0.15, -0.1) is 0 Å². The molecule has 29 heavy (non-hydrogen) atoms. The Balaban J connectivity index is 2.81. The molecule has 2 heterocycles. The summed E-state index contributed by atoms with van der Waals surface area (Å²) in [7, 11) is 1.07. The van der Waals surface area contributed by atoms with E-state index in [1.165, 1.54) is 21.3 Å². The highest BCUT2D eigenvalue weighted by atomic mass is 28.4. The van der Waals surface area contributed by atoms with Crippen LogP contribution in [0.2, 0.25) is 18.1 Å². The van der Waals surface area contributed by atoms with Crippen LogP contribution in [0.4, 0.5) is 0 Å². The minimum Gasteiger partial charge on any atom is -0.468 e. The predicted molar refractivity (Wildman–Crippen MR) is 107 cm³/mol. The Morgan fingerprint density at radius 3 is 1.97 bits per heavy atom. The van der Waals surface area contributed by atoms with Gasteiger partial charge < -0.3 is 18.6 Å². The molecule has 2 N–H and O–H groups in total. The van der Waals surface area contributed by atoms with Crippen LogP contribution in [0.5, 0.6) is 0 Å². The number of hydrogen-bond donors (Lipinski definition) is 2. The number of rotatable bonds is 5. The second kappa shape index (κ2) is 7.33. The maximum Gasteiger partial charge on any atom is 0.339 e. The zero-order chi connectivity index (χ0) is 22.5. The van der Waals surface area contributed by atoms with Crippen LogP contribution in [-0.4, -0.2) is 70.4 Å². The summed E-state index contributed by atoms with van der Waals surface area (Å²) >= 11 is 0. The van der Waals surface area contributed by atoms with Crippen LogP contribution < -0.4 is 10.6 Å². The van der Waals surface area contributed by atoms with E-state index >= 15 is 0 Å². The number of carbonyl (C=O) groups excluding carboxylic acids is 3. The van der Waals surface area contributed by atoms with Gasteiger partial charge >= 0.3 is 17.9 Å². The van der Waals surface area contributed by atoms with Gasteiger partial charge in [0.1, 0.15) is 6.04 Å². The van der Waals surface area contributed by atoms with Gasteiger partial charge in [-0.1, -0.05) is 20.8 Å². The largest absolute Gasteiger partial charge is 0.468 e. The van der Waals surface area contributed by atoms with Gasteiger partial charge in [0.15, 0.2) is 19.5 Å². The van der Waals surface area contributed by atoms with E-state index in [2.05, 4.69) is 10.6 Å². The zero-order valence-electron chi connectivity index (χ0n) is 18.8. The maximum absolute atomic E-state index is 13.3. The van der Waals surface area contributed by atoms with E-state index in [9.17, 15) is 14.4 Å². The summed E-state index contributed by atoms with van der Waals surface area (Å²) in [5.41, 5.74) is -4.40. The molecule has 2 fully saturated rings. The van der Waals surface area contributed by atoms with Crippen molar-refractivity contribution < 1.29 is 33.0 Å². The van der Waals surface area contributed by atoms with Crippen molar-refractivity contribution in [3.63, 3.8) is 0 Å². The quantitative estimate of drug-likeness (QED) is 0.376. The summed E-state index contributed by atoms with van der Waals surface area (Å²) < 4.78 is 21.9. The number of carbonyl (C=O) groups is 3. The lowest BCUT2D eigenvalue weighted by molar-refractivity contribution is -0.189. The van der Waals surface area contributed by atoms with Gasteiger partial charge in [0, 0.05) is 0 Å². The normalized spacial score (nSPS) is 34.4. The number of nitrogens with one attached hydrogen (secondary N) is 2. The van der Waals surface area contributed by atoms with E-state index in [1.807, 2.05) is 40.8 Å². The minimum absolute atomic E-state index is 0.172. The first-order valence-electron chi connectivity index (χ1n) is 9.68. The van der Waals surface area contributed by atoms with E-state index in [0.717, 1.165) is 0 Å². The Morgan fingerprint density at radius 1 is 0.966 bits per heavy atom. The molecule has 0 aliphatic carbocycles. The molecule has 0 aromatic rings. The molecular formula is C19H34N2O7Si. The van der Waals surface area contributed by atoms with Crippen molar-refractivity contribution in [2.75, 3.05) is 21.3 Å². The van der Waals surface area contributed by atoms with Crippen LogP contribution in [-0.2, 0) is 33.0 Å². The molecule has 2 saturated heterocycles. The summed E-state index contributed by atoms with van der Waals surface area (Å²) in [6, 6.07) is -1.20. The molecule has 0 radical (unpaired) electrons. The molecule has 0 unspecified atom stereocenters. The summed E-state index contributed by atoms with van der Waals surface area (Å²) in [5.74, 6) is -2.20. The van der Waals surface area contributed by atoms with E-state index in [-0.39, 0.29) is 11.5 Å². The minimum atomic E-state index is -2.62. The summed E-state index contributed by atoms with van der Waals surface area (Å²) in [4.78, 5) is 39.4. The fraction of sp³-hybridized carbons (Fsp3) is 0.842. The smallest absolute Gasteiger partial charge is 0.339 e. The van der Waals surface area contributed by atoms with E-state index < -0.39 is 49.1 Å². The molecule has 10 heteroatoms. The number of fused-ring (bicyclic) bond motifs is 2. The fourth-order valence-corrected chi connectivity index (χ4v) is 5.62. The van der Waals surface area contributed by atoms with Gasteiger partial charge in [0.05, 0.1) is 27.0 Å². The molecule has 0 spiro atoms. The highest BCUT2D eigenvalue weighted by molar-refractivity contribution is 6.74.